The van der Waals surface area contributed by atoms with Gasteiger partial charge in [0.2, 0.25) is 11.8 Å². The van der Waals surface area contributed by atoms with Crippen LogP contribution < -0.4 is 10.5 Å². The molecule has 1 aromatic carbocycles. The van der Waals surface area contributed by atoms with Crippen LogP contribution >= 0.6 is 0 Å². The van der Waals surface area contributed by atoms with Crippen molar-refractivity contribution in [2.75, 3.05) is 6.61 Å². The van der Waals surface area contributed by atoms with E-state index in [1.807, 2.05) is 13.8 Å². The molecule has 3 rings (SSSR count). The first-order valence-electron chi connectivity index (χ1n) is 14.1. The van der Waals surface area contributed by atoms with Crippen molar-refractivity contribution in [2.45, 2.75) is 90.2 Å². The van der Waals surface area contributed by atoms with Gasteiger partial charge in [-0.15, -0.1) is 0 Å². The fourth-order valence-corrected chi connectivity index (χ4v) is 5.36. The van der Waals surface area contributed by atoms with E-state index < -0.39 is 23.9 Å². The normalized spacial score (nSPS) is 20.4. The van der Waals surface area contributed by atoms with Crippen LogP contribution in [0.4, 0.5) is 22.0 Å². The summed E-state index contributed by atoms with van der Waals surface area (Å²) in [6.07, 6.45) is 0.972. The lowest BCUT2D eigenvalue weighted by Gasteiger charge is -2.34. The Morgan fingerprint density at radius 1 is 1.07 bits per heavy atom. The summed E-state index contributed by atoms with van der Waals surface area (Å²) < 4.78 is 69.0. The molecule has 0 saturated heterocycles. The zero-order valence-electron chi connectivity index (χ0n) is 23.5. The average Bonchev–Trinajstić information content (AvgIpc) is 2.93. The highest BCUT2D eigenvalue weighted by molar-refractivity contribution is 5.98. The van der Waals surface area contributed by atoms with Crippen LogP contribution in [0.3, 0.4) is 0 Å². The number of rotatable bonds is 14. The number of ether oxygens (including phenoxy) is 1. The Morgan fingerprint density at radius 3 is 2.37 bits per heavy atom. The maximum Gasteiger partial charge on any atom is 0.453 e. The Balaban J connectivity index is 1.52. The van der Waals surface area contributed by atoms with Crippen molar-refractivity contribution in [1.29, 1.82) is 0 Å². The van der Waals surface area contributed by atoms with E-state index in [0.29, 0.717) is 30.5 Å². The Bertz CT molecular complexity index is 1160. The van der Waals surface area contributed by atoms with Crippen LogP contribution in [0.2, 0.25) is 0 Å². The molecular formula is C30H38F5N3O3. The lowest BCUT2D eigenvalue weighted by Crippen LogP contribution is -2.40. The second-order valence-corrected chi connectivity index (χ2v) is 11.3. The molecule has 11 heteroatoms. The summed E-state index contributed by atoms with van der Waals surface area (Å²) in [5.41, 5.74) is 6.79. The van der Waals surface area contributed by atoms with E-state index in [4.69, 9.17) is 10.5 Å². The topological polar surface area (TPSA) is 95.2 Å². The minimum atomic E-state index is -5.52. The zero-order valence-corrected chi connectivity index (χ0v) is 23.5. The molecule has 1 heterocycles. The van der Waals surface area contributed by atoms with Crippen molar-refractivity contribution >= 4 is 11.7 Å². The van der Waals surface area contributed by atoms with E-state index >= 15 is 0 Å². The fraction of sp³-hybridized carbons (Fsp3) is 0.600. The molecule has 2 aromatic rings. The number of alkyl halides is 5. The van der Waals surface area contributed by atoms with Gasteiger partial charge in [0.1, 0.15) is 0 Å². The lowest BCUT2D eigenvalue weighted by molar-refractivity contribution is -0.284. The molecule has 1 fully saturated rings. The molecule has 0 aliphatic heterocycles. The molecule has 0 spiro atoms. The minimum Gasteiger partial charge on any atom is -0.476 e. The van der Waals surface area contributed by atoms with Crippen LogP contribution in [0.1, 0.15) is 88.4 Å². The number of nitrogens with two attached hydrogens (primary N) is 1. The van der Waals surface area contributed by atoms with E-state index in [9.17, 15) is 31.5 Å². The molecule has 0 radical (unpaired) electrons. The number of hydrogen-bond acceptors (Lipinski definition) is 5. The number of nitrogens with zero attached hydrogens (tertiary/aromatic N) is 2. The van der Waals surface area contributed by atoms with Crippen molar-refractivity contribution in [1.82, 2.24) is 9.97 Å². The van der Waals surface area contributed by atoms with Crippen molar-refractivity contribution in [3.05, 3.63) is 42.2 Å². The average molecular weight is 584 g/mol. The highest BCUT2D eigenvalue weighted by Crippen LogP contribution is 2.41. The molecule has 1 aliphatic carbocycles. The molecule has 1 aromatic heterocycles. The van der Waals surface area contributed by atoms with Gasteiger partial charge in [-0.3, -0.25) is 9.59 Å². The first-order chi connectivity index (χ1) is 19.3. The summed E-state index contributed by atoms with van der Waals surface area (Å²) in [4.78, 5) is 33.6. The zero-order chi connectivity index (χ0) is 30.3. The van der Waals surface area contributed by atoms with Crippen LogP contribution in [0.5, 0.6) is 5.88 Å². The van der Waals surface area contributed by atoms with Crippen molar-refractivity contribution in [2.24, 2.45) is 23.0 Å². The Labute approximate surface area is 237 Å². The lowest BCUT2D eigenvalue weighted by atomic mass is 9.68. The van der Waals surface area contributed by atoms with Crippen molar-refractivity contribution in [3.8, 4) is 17.1 Å². The predicted octanol–water partition coefficient (Wildman–Crippen LogP) is 7.56. The molecule has 6 nitrogen and oxygen atoms in total. The Morgan fingerprint density at radius 2 is 1.78 bits per heavy atom. The number of primary amides is 1. The third kappa shape index (κ3) is 8.69. The van der Waals surface area contributed by atoms with Crippen LogP contribution in [0.15, 0.2) is 36.7 Å². The maximum atomic E-state index is 13.1. The van der Waals surface area contributed by atoms with Gasteiger partial charge in [-0.25, -0.2) is 9.97 Å². The van der Waals surface area contributed by atoms with Crippen molar-refractivity contribution < 1.29 is 36.3 Å². The summed E-state index contributed by atoms with van der Waals surface area (Å²) in [5, 5.41) is 0. The van der Waals surface area contributed by atoms with Gasteiger partial charge >= 0.3 is 12.1 Å². The largest absolute Gasteiger partial charge is 0.476 e. The van der Waals surface area contributed by atoms with E-state index in [1.165, 1.54) is 6.20 Å². The summed E-state index contributed by atoms with van der Waals surface area (Å²) in [5.74, 6) is -5.02. The van der Waals surface area contributed by atoms with E-state index in [1.54, 1.807) is 30.5 Å². The van der Waals surface area contributed by atoms with Gasteiger partial charge in [0.15, 0.2) is 5.78 Å². The fourth-order valence-electron chi connectivity index (χ4n) is 5.36. The molecule has 1 aliphatic rings. The number of benzene rings is 1. The first-order valence-corrected chi connectivity index (χ1v) is 14.1. The van der Waals surface area contributed by atoms with Crippen LogP contribution in [-0.4, -0.2) is 40.4 Å². The standard InChI is InChI=1S/C30H38F5N3O3/c1-3-7-20(8-4-5-15-29(31,32)30(33,34)35)19-41-25-18-37-24(17-38-25)21-10-12-22(13-11-21)26(39)23-9-6-14-28(2,16-23)27(36)40/h10-13,17-18,20,23H,3-9,14-16,19H2,1-2H3,(H2,36,40). The van der Waals surface area contributed by atoms with Gasteiger partial charge in [-0.2, -0.15) is 22.0 Å². The molecule has 3 unspecified atom stereocenters. The smallest absolute Gasteiger partial charge is 0.453 e. The van der Waals surface area contributed by atoms with E-state index in [2.05, 4.69) is 9.97 Å². The number of hydrogen-bond donors (Lipinski definition) is 1. The number of aromatic nitrogens is 2. The molecule has 2 N–H and O–H groups in total. The number of unbranched alkanes of at least 4 members (excludes halogenated alkanes) is 1. The predicted molar refractivity (Wildman–Crippen MR) is 144 cm³/mol. The van der Waals surface area contributed by atoms with Gasteiger partial charge in [-0.1, -0.05) is 57.4 Å². The Hall–Kier alpha value is -3.11. The van der Waals surface area contributed by atoms with Gasteiger partial charge in [0, 0.05) is 28.9 Å². The SMILES string of the molecule is CCCC(CCCCC(F)(F)C(F)(F)F)COc1cnc(-c2ccc(C(=O)C3CCCC(C)(C(N)=O)C3)cc2)cn1. The summed E-state index contributed by atoms with van der Waals surface area (Å²) >= 11 is 0. The van der Waals surface area contributed by atoms with Gasteiger partial charge in [-0.05, 0) is 44.4 Å². The second-order valence-electron chi connectivity index (χ2n) is 11.3. The number of carbonyl (C=O) groups is 2. The highest BCUT2D eigenvalue weighted by Gasteiger charge is 2.56. The summed E-state index contributed by atoms with van der Waals surface area (Å²) in [7, 11) is 0. The first kappa shape index (κ1) is 32.4. The monoisotopic (exact) mass is 583 g/mol. The summed E-state index contributed by atoms with van der Waals surface area (Å²) in [6, 6.07) is 7.04. The maximum absolute atomic E-state index is 13.1. The summed E-state index contributed by atoms with van der Waals surface area (Å²) in [6.45, 7) is 4.04. The third-order valence-electron chi connectivity index (χ3n) is 7.97. The van der Waals surface area contributed by atoms with E-state index in [0.717, 1.165) is 31.2 Å². The van der Waals surface area contributed by atoms with Gasteiger partial charge in [0.05, 0.1) is 24.7 Å². The molecule has 3 atom stereocenters. The minimum absolute atomic E-state index is 0.00364. The van der Waals surface area contributed by atoms with E-state index in [-0.39, 0.29) is 48.9 Å². The second kappa shape index (κ2) is 13.7. The molecule has 226 valence electrons. The number of carbonyl (C=O) groups excluding carboxylic acids is 2. The van der Waals surface area contributed by atoms with Crippen LogP contribution in [-0.2, 0) is 4.79 Å². The number of halogens is 5. The molecule has 41 heavy (non-hydrogen) atoms. The third-order valence-corrected chi connectivity index (χ3v) is 7.97. The molecule has 0 bridgehead atoms. The number of ketones is 1. The van der Waals surface area contributed by atoms with Gasteiger partial charge < -0.3 is 10.5 Å². The van der Waals surface area contributed by atoms with Crippen LogP contribution in [0, 0.1) is 17.3 Å². The highest BCUT2D eigenvalue weighted by atomic mass is 19.4. The molecular weight excluding hydrogens is 545 g/mol. The molecule has 1 amide bonds. The van der Waals surface area contributed by atoms with Crippen molar-refractivity contribution in [3.63, 3.8) is 0 Å². The molecule has 1 saturated carbocycles. The quantitative estimate of drug-likeness (QED) is 0.141. The number of amides is 1. The number of Topliss-reactive ketones (excluding diaryl/α,β-unsaturated/α-hetero) is 1. The van der Waals surface area contributed by atoms with Crippen LogP contribution in [0.25, 0.3) is 11.3 Å². The Kier molecular flexibility index (Phi) is 10.8. The van der Waals surface area contributed by atoms with Gasteiger partial charge in [0.25, 0.3) is 0 Å².